The van der Waals surface area contributed by atoms with Gasteiger partial charge in [0.1, 0.15) is 0 Å². The Labute approximate surface area is 158 Å². The lowest BCUT2D eigenvalue weighted by Crippen LogP contribution is -2.26. The molecule has 0 saturated carbocycles. The number of amides is 1. The van der Waals surface area contributed by atoms with E-state index in [0.717, 1.165) is 22.6 Å². The molecule has 1 aliphatic rings. The number of rotatable bonds is 6. The molecule has 1 N–H and O–H groups in total. The van der Waals surface area contributed by atoms with Gasteiger partial charge in [-0.25, -0.2) is 13.1 Å². The molecule has 3 rings (SSSR count). The number of para-hydroxylation sites is 1. The maximum absolute atomic E-state index is 12.1. The summed E-state index contributed by atoms with van der Waals surface area (Å²) in [6, 6.07) is 9.88. The molecule has 0 bridgehead atoms. The molecule has 1 aromatic carbocycles. The zero-order chi connectivity index (χ0) is 18.7. The van der Waals surface area contributed by atoms with Gasteiger partial charge in [-0.1, -0.05) is 18.2 Å². The van der Waals surface area contributed by atoms with Crippen LogP contribution in [0.25, 0.3) is 5.69 Å². The van der Waals surface area contributed by atoms with E-state index in [2.05, 4.69) is 10.4 Å². The first-order valence-electron chi connectivity index (χ1n) is 8.55. The topological polar surface area (TPSA) is 81.1 Å². The Morgan fingerprint density at radius 1 is 1.31 bits per heavy atom. The third-order valence-corrected chi connectivity index (χ3v) is 7.83. The van der Waals surface area contributed by atoms with E-state index in [9.17, 15) is 13.2 Å². The number of aromatic nitrogens is 2. The van der Waals surface area contributed by atoms with Crippen LogP contribution in [0, 0.1) is 13.8 Å². The molecule has 1 amide bonds. The average Bonchev–Trinajstić information content (AvgIpc) is 3.11. The molecule has 6 nitrogen and oxygen atoms in total. The molecule has 1 aromatic heterocycles. The van der Waals surface area contributed by atoms with Gasteiger partial charge in [-0.3, -0.25) is 4.79 Å². The highest BCUT2D eigenvalue weighted by Gasteiger charge is 2.28. The number of sulfone groups is 1. The van der Waals surface area contributed by atoms with Crippen molar-refractivity contribution in [3.63, 3.8) is 0 Å². The van der Waals surface area contributed by atoms with Gasteiger partial charge in [0.05, 0.1) is 28.6 Å². The maximum Gasteiger partial charge on any atom is 0.230 e. The molecular formula is C18H23N3O3S2. The average molecular weight is 394 g/mol. The highest BCUT2D eigenvalue weighted by Crippen LogP contribution is 2.24. The Morgan fingerprint density at radius 2 is 2.04 bits per heavy atom. The van der Waals surface area contributed by atoms with E-state index in [1.54, 1.807) is 0 Å². The smallest absolute Gasteiger partial charge is 0.230 e. The molecule has 1 atom stereocenters. The minimum Gasteiger partial charge on any atom is -0.351 e. The fraction of sp³-hybridized carbons (Fsp3) is 0.444. The van der Waals surface area contributed by atoms with E-state index in [1.807, 2.05) is 48.9 Å². The Bertz CT molecular complexity index is 892. The van der Waals surface area contributed by atoms with E-state index in [0.29, 0.717) is 13.0 Å². The third kappa shape index (κ3) is 4.48. The molecule has 0 radical (unpaired) electrons. The van der Waals surface area contributed by atoms with Crippen LogP contribution in [-0.4, -0.2) is 46.6 Å². The van der Waals surface area contributed by atoms with Gasteiger partial charge in [0, 0.05) is 23.1 Å². The quantitative estimate of drug-likeness (QED) is 0.812. The normalized spacial score (nSPS) is 18.8. The SMILES string of the molecule is Cc1nn(-c2ccccc2)c(C)c1CNC(=O)CSC1CCS(=O)(=O)C1. The van der Waals surface area contributed by atoms with Crippen molar-refractivity contribution in [3.05, 3.63) is 47.3 Å². The number of benzene rings is 1. The van der Waals surface area contributed by atoms with Crippen molar-refractivity contribution in [2.75, 3.05) is 17.3 Å². The molecule has 26 heavy (non-hydrogen) atoms. The number of hydrogen-bond acceptors (Lipinski definition) is 5. The minimum atomic E-state index is -2.90. The van der Waals surface area contributed by atoms with Crippen molar-refractivity contribution in [1.29, 1.82) is 0 Å². The summed E-state index contributed by atoms with van der Waals surface area (Å²) in [6.45, 7) is 4.35. The summed E-state index contributed by atoms with van der Waals surface area (Å²) in [5, 5.41) is 7.54. The van der Waals surface area contributed by atoms with Gasteiger partial charge in [-0.15, -0.1) is 11.8 Å². The molecule has 1 saturated heterocycles. The lowest BCUT2D eigenvalue weighted by molar-refractivity contribution is -0.118. The highest BCUT2D eigenvalue weighted by atomic mass is 32.2. The molecule has 0 spiro atoms. The van der Waals surface area contributed by atoms with Crippen LogP contribution in [0.3, 0.4) is 0 Å². The number of thioether (sulfide) groups is 1. The number of nitrogens with one attached hydrogen (secondary N) is 1. The first kappa shape index (κ1) is 19.0. The fourth-order valence-electron chi connectivity index (χ4n) is 3.08. The van der Waals surface area contributed by atoms with E-state index >= 15 is 0 Å². The van der Waals surface area contributed by atoms with Crippen LogP contribution in [0.1, 0.15) is 23.4 Å². The van der Waals surface area contributed by atoms with Gasteiger partial charge in [-0.05, 0) is 32.4 Å². The molecule has 1 aliphatic heterocycles. The monoisotopic (exact) mass is 393 g/mol. The molecule has 140 valence electrons. The first-order chi connectivity index (χ1) is 12.4. The number of nitrogens with zero attached hydrogens (tertiary/aromatic N) is 2. The standard InChI is InChI=1S/C18H23N3O3S2/c1-13-17(14(2)21(20-13)15-6-4-3-5-7-15)10-19-18(22)11-25-16-8-9-26(23,24)12-16/h3-7,16H,8-12H2,1-2H3,(H,19,22). The van der Waals surface area contributed by atoms with Crippen LogP contribution in [-0.2, 0) is 21.2 Å². The summed E-state index contributed by atoms with van der Waals surface area (Å²) in [6.07, 6.45) is 0.641. The molecule has 2 heterocycles. The van der Waals surface area contributed by atoms with Gasteiger partial charge in [0.15, 0.2) is 9.84 Å². The first-order valence-corrected chi connectivity index (χ1v) is 11.4. The summed E-state index contributed by atoms with van der Waals surface area (Å²) in [4.78, 5) is 12.1. The van der Waals surface area contributed by atoms with Crippen molar-refractivity contribution >= 4 is 27.5 Å². The van der Waals surface area contributed by atoms with Gasteiger partial charge < -0.3 is 5.32 Å². The largest absolute Gasteiger partial charge is 0.351 e. The summed E-state index contributed by atoms with van der Waals surface area (Å²) in [5.74, 6) is 0.632. The Kier molecular flexibility index (Phi) is 5.72. The number of hydrogen-bond donors (Lipinski definition) is 1. The van der Waals surface area contributed by atoms with Crippen molar-refractivity contribution in [3.8, 4) is 5.69 Å². The lowest BCUT2D eigenvalue weighted by Gasteiger charge is -2.09. The molecule has 1 unspecified atom stereocenters. The zero-order valence-corrected chi connectivity index (χ0v) is 16.6. The van der Waals surface area contributed by atoms with Gasteiger partial charge in [-0.2, -0.15) is 5.10 Å². The third-order valence-electron chi connectivity index (χ3n) is 4.55. The van der Waals surface area contributed by atoms with Crippen LogP contribution in [0.15, 0.2) is 30.3 Å². The van der Waals surface area contributed by atoms with Crippen LogP contribution >= 0.6 is 11.8 Å². The molecule has 1 fully saturated rings. The summed E-state index contributed by atoms with van der Waals surface area (Å²) in [5.41, 5.74) is 3.89. The predicted molar refractivity (Wildman–Crippen MR) is 104 cm³/mol. The van der Waals surface area contributed by atoms with Crippen molar-refractivity contribution in [1.82, 2.24) is 15.1 Å². The van der Waals surface area contributed by atoms with Crippen LogP contribution in [0.5, 0.6) is 0 Å². The molecule has 2 aromatic rings. The van der Waals surface area contributed by atoms with Gasteiger partial charge in [0.25, 0.3) is 0 Å². The molecule has 0 aliphatic carbocycles. The Morgan fingerprint density at radius 3 is 2.69 bits per heavy atom. The highest BCUT2D eigenvalue weighted by molar-refractivity contribution is 8.02. The number of carbonyl (C=O) groups is 1. The fourth-order valence-corrected chi connectivity index (χ4v) is 6.55. The van der Waals surface area contributed by atoms with E-state index in [1.165, 1.54) is 11.8 Å². The van der Waals surface area contributed by atoms with Gasteiger partial charge >= 0.3 is 0 Å². The summed E-state index contributed by atoms with van der Waals surface area (Å²) >= 11 is 1.43. The van der Waals surface area contributed by atoms with Crippen molar-refractivity contribution in [2.24, 2.45) is 0 Å². The van der Waals surface area contributed by atoms with Crippen molar-refractivity contribution in [2.45, 2.75) is 32.1 Å². The van der Waals surface area contributed by atoms with Gasteiger partial charge in [0.2, 0.25) is 5.91 Å². The van der Waals surface area contributed by atoms with E-state index in [-0.39, 0.29) is 28.4 Å². The van der Waals surface area contributed by atoms with Crippen LogP contribution in [0.2, 0.25) is 0 Å². The molecule has 8 heteroatoms. The second kappa shape index (κ2) is 7.84. The lowest BCUT2D eigenvalue weighted by atomic mass is 10.2. The second-order valence-corrected chi connectivity index (χ2v) is 10.0. The molecular weight excluding hydrogens is 370 g/mol. The summed E-state index contributed by atoms with van der Waals surface area (Å²) in [7, 11) is -2.90. The summed E-state index contributed by atoms with van der Waals surface area (Å²) < 4.78 is 24.8. The van der Waals surface area contributed by atoms with E-state index in [4.69, 9.17) is 0 Å². The van der Waals surface area contributed by atoms with Crippen LogP contribution < -0.4 is 5.32 Å². The minimum absolute atomic E-state index is 0.0371. The second-order valence-electron chi connectivity index (χ2n) is 6.51. The maximum atomic E-state index is 12.1. The Hall–Kier alpha value is -1.80. The number of carbonyl (C=O) groups excluding carboxylic acids is 1. The van der Waals surface area contributed by atoms with Crippen LogP contribution in [0.4, 0.5) is 0 Å². The number of aryl methyl sites for hydroxylation is 1. The van der Waals surface area contributed by atoms with E-state index < -0.39 is 9.84 Å². The predicted octanol–water partition coefficient (Wildman–Crippen LogP) is 2.03. The zero-order valence-electron chi connectivity index (χ0n) is 14.9. The Balaban J connectivity index is 1.56. The van der Waals surface area contributed by atoms with Crippen molar-refractivity contribution < 1.29 is 13.2 Å².